The van der Waals surface area contributed by atoms with Crippen molar-refractivity contribution in [2.45, 2.75) is 6.54 Å². The molecule has 3 aromatic rings. The van der Waals surface area contributed by atoms with Gasteiger partial charge in [-0.1, -0.05) is 36.4 Å². The van der Waals surface area contributed by atoms with Crippen LogP contribution < -0.4 is 11.5 Å². The van der Waals surface area contributed by atoms with E-state index in [2.05, 4.69) is 41.4 Å². The fraction of sp³-hybridized carbons (Fsp3) is 0.0625. The molecular formula is C16H16ClN3. The van der Waals surface area contributed by atoms with Crippen LogP contribution in [0.4, 0.5) is 5.82 Å². The van der Waals surface area contributed by atoms with Crippen LogP contribution in [0.1, 0.15) is 5.56 Å². The van der Waals surface area contributed by atoms with Crippen molar-refractivity contribution < 1.29 is 0 Å². The van der Waals surface area contributed by atoms with Crippen LogP contribution >= 0.6 is 12.4 Å². The molecule has 3 nitrogen and oxygen atoms in total. The van der Waals surface area contributed by atoms with Crippen LogP contribution in [0.15, 0.2) is 54.7 Å². The second kappa shape index (κ2) is 5.90. The molecular weight excluding hydrogens is 270 g/mol. The molecule has 3 rings (SSSR count). The molecule has 0 bridgehead atoms. The van der Waals surface area contributed by atoms with Crippen LogP contribution in [0, 0.1) is 0 Å². The zero-order valence-corrected chi connectivity index (χ0v) is 11.7. The normalized spacial score (nSPS) is 10.2. The summed E-state index contributed by atoms with van der Waals surface area (Å²) in [4.78, 5) is 4.10. The second-order valence-electron chi connectivity index (χ2n) is 4.53. The molecule has 1 aromatic heterocycles. The number of nitrogens with two attached hydrogens (primary N) is 2. The van der Waals surface area contributed by atoms with E-state index in [0.717, 1.165) is 16.3 Å². The van der Waals surface area contributed by atoms with E-state index in [0.29, 0.717) is 12.4 Å². The van der Waals surface area contributed by atoms with E-state index in [1.54, 1.807) is 6.20 Å². The molecule has 0 aliphatic heterocycles. The first-order chi connectivity index (χ1) is 9.28. The fourth-order valence-corrected chi connectivity index (χ4v) is 2.21. The number of pyridine rings is 1. The second-order valence-corrected chi connectivity index (χ2v) is 4.53. The summed E-state index contributed by atoms with van der Waals surface area (Å²) in [5.74, 6) is 0.572. The number of rotatable bonds is 2. The molecule has 0 saturated heterocycles. The molecule has 0 radical (unpaired) electrons. The maximum Gasteiger partial charge on any atom is 0.131 e. The van der Waals surface area contributed by atoms with Crippen molar-refractivity contribution in [3.63, 3.8) is 0 Å². The van der Waals surface area contributed by atoms with Gasteiger partial charge in [0.2, 0.25) is 0 Å². The molecule has 0 amide bonds. The van der Waals surface area contributed by atoms with Crippen LogP contribution in [-0.2, 0) is 6.54 Å². The summed E-state index contributed by atoms with van der Waals surface area (Å²) in [7, 11) is 0. The van der Waals surface area contributed by atoms with Crippen molar-refractivity contribution >= 4 is 29.0 Å². The number of nitrogen functional groups attached to an aromatic ring is 1. The van der Waals surface area contributed by atoms with Crippen LogP contribution in [0.25, 0.3) is 21.9 Å². The third kappa shape index (κ3) is 2.59. The quantitative estimate of drug-likeness (QED) is 0.759. The van der Waals surface area contributed by atoms with Gasteiger partial charge < -0.3 is 11.5 Å². The van der Waals surface area contributed by atoms with Crippen LogP contribution in [0.3, 0.4) is 0 Å². The number of aromatic nitrogens is 1. The zero-order valence-electron chi connectivity index (χ0n) is 10.9. The van der Waals surface area contributed by atoms with Crippen molar-refractivity contribution in [3.8, 4) is 11.1 Å². The maximum absolute atomic E-state index is 5.86. The summed E-state index contributed by atoms with van der Waals surface area (Å²) in [6.45, 7) is 0.570. The molecule has 0 fully saturated rings. The number of nitrogens with zero attached hydrogens (tertiary/aromatic N) is 1. The van der Waals surface area contributed by atoms with E-state index in [4.69, 9.17) is 11.5 Å². The fourth-order valence-electron chi connectivity index (χ4n) is 2.21. The Kier molecular flexibility index (Phi) is 4.23. The zero-order chi connectivity index (χ0) is 13.2. The topological polar surface area (TPSA) is 64.9 Å². The number of halogens is 1. The average Bonchev–Trinajstić information content (AvgIpc) is 2.47. The van der Waals surface area contributed by atoms with Crippen molar-refractivity contribution in [2.75, 3.05) is 5.73 Å². The molecule has 20 heavy (non-hydrogen) atoms. The highest BCUT2D eigenvalue weighted by Gasteiger charge is 2.02. The minimum Gasteiger partial charge on any atom is -0.383 e. The first kappa shape index (κ1) is 14.3. The van der Waals surface area contributed by atoms with Crippen LogP contribution in [0.2, 0.25) is 0 Å². The lowest BCUT2D eigenvalue weighted by atomic mass is 10.0. The first-order valence-corrected chi connectivity index (χ1v) is 6.21. The van der Waals surface area contributed by atoms with Gasteiger partial charge in [0.15, 0.2) is 0 Å². The number of anilines is 1. The van der Waals surface area contributed by atoms with Gasteiger partial charge in [0.05, 0.1) is 0 Å². The first-order valence-electron chi connectivity index (χ1n) is 6.21. The average molecular weight is 286 g/mol. The Morgan fingerprint density at radius 3 is 2.30 bits per heavy atom. The van der Waals surface area contributed by atoms with E-state index in [1.165, 1.54) is 11.1 Å². The smallest absolute Gasteiger partial charge is 0.131 e. The third-order valence-corrected chi connectivity index (χ3v) is 3.32. The van der Waals surface area contributed by atoms with Crippen molar-refractivity contribution in [2.24, 2.45) is 5.73 Å². The molecule has 0 aliphatic carbocycles. The summed E-state index contributed by atoms with van der Waals surface area (Å²) < 4.78 is 0. The van der Waals surface area contributed by atoms with Gasteiger partial charge in [-0.3, -0.25) is 0 Å². The summed E-state index contributed by atoms with van der Waals surface area (Å²) in [5, 5.41) is 2.10. The lowest BCUT2D eigenvalue weighted by Gasteiger charge is -2.06. The van der Waals surface area contributed by atoms with E-state index >= 15 is 0 Å². The molecule has 2 aromatic carbocycles. The standard InChI is InChI=1S/C16H15N3.ClH/c17-10-11-1-3-12(4-2-11)13-5-6-15-14(9-13)7-8-19-16(15)18;/h1-9H,10,17H2,(H2,18,19);1H. The van der Waals surface area contributed by atoms with Crippen LogP contribution in [0.5, 0.6) is 0 Å². The Balaban J connectivity index is 0.00000147. The molecule has 4 N–H and O–H groups in total. The summed E-state index contributed by atoms with van der Waals surface area (Å²) in [6.07, 6.45) is 1.74. The van der Waals surface area contributed by atoms with Crippen molar-refractivity contribution in [1.29, 1.82) is 0 Å². The molecule has 0 atom stereocenters. The molecule has 0 unspecified atom stereocenters. The van der Waals surface area contributed by atoms with Gasteiger partial charge in [-0.05, 0) is 34.2 Å². The highest BCUT2D eigenvalue weighted by molar-refractivity contribution is 5.93. The lowest BCUT2D eigenvalue weighted by Crippen LogP contribution is -1.95. The van der Waals surface area contributed by atoms with Gasteiger partial charge in [-0.2, -0.15) is 0 Å². The number of hydrogen-bond acceptors (Lipinski definition) is 3. The minimum absolute atomic E-state index is 0. The summed E-state index contributed by atoms with van der Waals surface area (Å²) in [6, 6.07) is 16.5. The van der Waals surface area contributed by atoms with Gasteiger partial charge in [0.1, 0.15) is 5.82 Å². The maximum atomic E-state index is 5.86. The molecule has 0 saturated carbocycles. The van der Waals surface area contributed by atoms with Gasteiger partial charge in [-0.25, -0.2) is 4.98 Å². The minimum atomic E-state index is 0. The number of hydrogen-bond donors (Lipinski definition) is 2. The molecule has 1 heterocycles. The van der Waals surface area contributed by atoms with Crippen molar-refractivity contribution in [1.82, 2.24) is 4.98 Å². The van der Waals surface area contributed by atoms with Gasteiger partial charge in [-0.15, -0.1) is 12.4 Å². The van der Waals surface area contributed by atoms with Gasteiger partial charge in [0, 0.05) is 18.1 Å². The Labute approximate surface area is 124 Å². The molecule has 102 valence electrons. The monoisotopic (exact) mass is 285 g/mol. The SMILES string of the molecule is Cl.NCc1ccc(-c2ccc3c(N)nccc3c2)cc1. The number of fused-ring (bicyclic) bond motifs is 1. The Bertz CT molecular complexity index is 723. The van der Waals surface area contributed by atoms with E-state index in [-0.39, 0.29) is 12.4 Å². The molecule has 0 aliphatic rings. The molecule has 4 heteroatoms. The summed E-state index contributed by atoms with van der Waals surface area (Å²) in [5.41, 5.74) is 14.9. The van der Waals surface area contributed by atoms with Gasteiger partial charge >= 0.3 is 0 Å². The predicted octanol–water partition coefficient (Wildman–Crippen LogP) is 3.36. The van der Waals surface area contributed by atoms with E-state index in [9.17, 15) is 0 Å². The molecule has 0 spiro atoms. The largest absolute Gasteiger partial charge is 0.383 e. The van der Waals surface area contributed by atoms with E-state index < -0.39 is 0 Å². The third-order valence-electron chi connectivity index (χ3n) is 3.32. The van der Waals surface area contributed by atoms with Crippen molar-refractivity contribution in [3.05, 3.63) is 60.3 Å². The highest BCUT2D eigenvalue weighted by atomic mass is 35.5. The van der Waals surface area contributed by atoms with Gasteiger partial charge in [0.25, 0.3) is 0 Å². The van der Waals surface area contributed by atoms with E-state index in [1.807, 2.05) is 12.1 Å². The lowest BCUT2D eigenvalue weighted by molar-refractivity contribution is 1.07. The Morgan fingerprint density at radius 2 is 1.60 bits per heavy atom. The summed E-state index contributed by atoms with van der Waals surface area (Å²) >= 11 is 0. The predicted molar refractivity (Wildman–Crippen MR) is 86.7 cm³/mol. The number of benzene rings is 2. The van der Waals surface area contributed by atoms with Crippen LogP contribution in [-0.4, -0.2) is 4.98 Å². The Morgan fingerprint density at radius 1 is 0.900 bits per heavy atom. The Hall–Kier alpha value is -2.10. The highest BCUT2D eigenvalue weighted by Crippen LogP contribution is 2.26.